The van der Waals surface area contributed by atoms with Gasteiger partial charge in [-0.1, -0.05) is 24.3 Å². The normalized spacial score (nSPS) is 28.2. The summed E-state index contributed by atoms with van der Waals surface area (Å²) in [5.41, 5.74) is 1.98. The summed E-state index contributed by atoms with van der Waals surface area (Å²) in [6, 6.07) is 3.21. The number of hydrogen-bond acceptors (Lipinski definition) is 5. The molecule has 1 aromatic rings. The lowest BCUT2D eigenvalue weighted by Crippen LogP contribution is -2.55. The first kappa shape index (κ1) is 19.8. The van der Waals surface area contributed by atoms with Crippen molar-refractivity contribution in [2.75, 3.05) is 19.7 Å². The van der Waals surface area contributed by atoms with Crippen LogP contribution in [0.1, 0.15) is 31.7 Å². The van der Waals surface area contributed by atoms with E-state index in [1.165, 1.54) is 4.31 Å². The van der Waals surface area contributed by atoms with Crippen molar-refractivity contribution in [3.05, 3.63) is 40.3 Å². The molecule has 1 saturated heterocycles. The van der Waals surface area contributed by atoms with Gasteiger partial charge in [0.05, 0.1) is 18.6 Å². The summed E-state index contributed by atoms with van der Waals surface area (Å²) in [6.45, 7) is 2.91. The van der Waals surface area contributed by atoms with Crippen molar-refractivity contribution in [2.24, 2.45) is 11.8 Å². The molecule has 1 fully saturated rings. The van der Waals surface area contributed by atoms with Gasteiger partial charge in [0.1, 0.15) is 5.75 Å². The maximum atomic E-state index is 13.7. The number of benzene rings is 1. The van der Waals surface area contributed by atoms with Gasteiger partial charge in [-0.2, -0.15) is 17.0 Å². The summed E-state index contributed by atoms with van der Waals surface area (Å²) in [5.74, 6) is -0.479. The predicted molar refractivity (Wildman–Crippen MR) is 112 cm³/mol. The highest BCUT2D eigenvalue weighted by Crippen LogP contribution is 2.38. The summed E-state index contributed by atoms with van der Waals surface area (Å²) >= 11 is 0. The van der Waals surface area contributed by atoms with Crippen molar-refractivity contribution in [2.45, 2.75) is 38.8 Å². The Morgan fingerprint density at radius 2 is 2.17 bits per heavy atom. The number of piperidine rings is 1. The van der Waals surface area contributed by atoms with Gasteiger partial charge in [0, 0.05) is 30.8 Å². The number of phenolic OH excluding ortho intramolecular Hbond substituents is 1. The van der Waals surface area contributed by atoms with Crippen molar-refractivity contribution < 1.29 is 23.1 Å². The van der Waals surface area contributed by atoms with Gasteiger partial charge in [-0.05, 0) is 48.6 Å². The molecule has 2 heterocycles. The number of rotatable bonds is 4. The first-order valence-electron chi connectivity index (χ1n) is 10.6. The molecule has 8 heteroatoms. The van der Waals surface area contributed by atoms with Gasteiger partial charge < -0.3 is 9.84 Å². The monoisotopic (exact) mass is 430 g/mol. The van der Waals surface area contributed by atoms with Crippen LogP contribution in [-0.2, 0) is 26.3 Å². The third-order valence-electron chi connectivity index (χ3n) is 6.67. The fourth-order valence-corrected chi connectivity index (χ4v) is 7.15. The number of carbonyl (C=O) groups excluding carboxylic acids is 1. The third-order valence-corrected chi connectivity index (χ3v) is 8.63. The van der Waals surface area contributed by atoms with Crippen LogP contribution in [0.3, 0.4) is 0 Å². The molecule has 7 nitrogen and oxygen atoms in total. The molecule has 0 amide bonds. The molecule has 1 aromatic carbocycles. The van der Waals surface area contributed by atoms with Crippen molar-refractivity contribution in [1.29, 1.82) is 0 Å². The molecular weight excluding hydrogens is 404 g/mol. The molecule has 3 unspecified atom stereocenters. The van der Waals surface area contributed by atoms with Gasteiger partial charge in [-0.25, -0.2) is 0 Å². The van der Waals surface area contributed by atoms with Crippen molar-refractivity contribution in [3.63, 3.8) is 0 Å². The van der Waals surface area contributed by atoms with Gasteiger partial charge in [0.2, 0.25) is 0 Å². The largest absolute Gasteiger partial charge is 0.507 e. The Morgan fingerprint density at radius 3 is 2.97 bits per heavy atom. The second-order valence-corrected chi connectivity index (χ2v) is 10.2. The van der Waals surface area contributed by atoms with Crippen LogP contribution in [-0.4, -0.2) is 53.8 Å². The number of nitrogens with zero attached hydrogens (tertiary/aromatic N) is 2. The van der Waals surface area contributed by atoms with Crippen LogP contribution >= 0.6 is 0 Å². The quantitative estimate of drug-likeness (QED) is 0.559. The van der Waals surface area contributed by atoms with E-state index in [1.54, 1.807) is 17.3 Å². The zero-order chi connectivity index (χ0) is 21.0. The molecule has 2 aliphatic carbocycles. The van der Waals surface area contributed by atoms with Gasteiger partial charge in [0.15, 0.2) is 0 Å². The van der Waals surface area contributed by atoms with E-state index < -0.39 is 16.1 Å². The van der Waals surface area contributed by atoms with Gasteiger partial charge in [0.25, 0.3) is 10.2 Å². The minimum Gasteiger partial charge on any atom is -0.507 e. The fraction of sp³-hybridized carbons (Fsp3) is 0.500. The summed E-state index contributed by atoms with van der Waals surface area (Å²) in [5, 5.41) is 12.2. The van der Waals surface area contributed by atoms with E-state index in [9.17, 15) is 18.3 Å². The molecule has 2 aliphatic heterocycles. The first-order valence-corrected chi connectivity index (χ1v) is 12.0. The molecule has 0 saturated carbocycles. The molecule has 4 aliphatic rings. The average molecular weight is 431 g/mol. The van der Waals surface area contributed by atoms with Crippen LogP contribution < -0.4 is 10.4 Å². The van der Waals surface area contributed by atoms with E-state index in [1.807, 2.05) is 18.2 Å². The Morgan fingerprint density at radius 1 is 1.33 bits per heavy atom. The average Bonchev–Trinajstić information content (AvgIpc) is 3.15. The Bertz CT molecular complexity index is 1160. The molecule has 0 bridgehead atoms. The fourth-order valence-electron chi connectivity index (χ4n) is 5.31. The SMILES string of the molecule is CCOC(=O)C1CCCN(S(=O)(=O)N2Cc3ccc(O)c4c3=C3C(C=CCC32)C=4)C1. The molecular formula is C22H26N2O5S. The standard InChI is InChI=1S/C22H26N2O5S/c1-2-29-22(26)16-6-4-10-23(12-16)30(27,28)24-13-15-8-9-19(25)17-11-14-5-3-7-18(24)21(14)20(15)17/h3,5,8-9,11,14,16,18,25H,2,4,6-7,10,12-13H2,1H3. The lowest BCUT2D eigenvalue weighted by Gasteiger charge is -2.42. The molecule has 0 spiro atoms. The van der Waals surface area contributed by atoms with Crippen LogP contribution in [0.4, 0.5) is 0 Å². The molecule has 0 radical (unpaired) electrons. The number of ether oxygens (including phenoxy) is 1. The Hall–Kier alpha value is -2.16. The van der Waals surface area contributed by atoms with E-state index in [0.29, 0.717) is 32.4 Å². The Kier molecular flexibility index (Phi) is 4.76. The van der Waals surface area contributed by atoms with E-state index in [0.717, 1.165) is 21.6 Å². The highest BCUT2D eigenvalue weighted by Gasteiger charge is 2.44. The van der Waals surface area contributed by atoms with Gasteiger partial charge in [-0.3, -0.25) is 4.79 Å². The summed E-state index contributed by atoms with van der Waals surface area (Å²) in [4.78, 5) is 12.2. The molecule has 30 heavy (non-hydrogen) atoms. The lowest BCUT2D eigenvalue weighted by molar-refractivity contribution is -0.149. The summed E-state index contributed by atoms with van der Waals surface area (Å²) in [6.07, 6.45) is 8.05. The third kappa shape index (κ3) is 2.92. The first-order chi connectivity index (χ1) is 14.4. The van der Waals surface area contributed by atoms with E-state index in [4.69, 9.17) is 4.74 Å². The number of esters is 1. The van der Waals surface area contributed by atoms with Crippen LogP contribution in [0.25, 0.3) is 11.6 Å². The Labute approximate surface area is 176 Å². The smallest absolute Gasteiger partial charge is 0.310 e. The van der Waals surface area contributed by atoms with Gasteiger partial charge in [-0.15, -0.1) is 0 Å². The maximum absolute atomic E-state index is 13.7. The highest BCUT2D eigenvalue weighted by atomic mass is 32.2. The zero-order valence-electron chi connectivity index (χ0n) is 17.0. The minimum atomic E-state index is -3.76. The van der Waals surface area contributed by atoms with Crippen LogP contribution in [0, 0.1) is 11.8 Å². The highest BCUT2D eigenvalue weighted by molar-refractivity contribution is 7.86. The van der Waals surface area contributed by atoms with Crippen LogP contribution in [0.2, 0.25) is 0 Å². The summed E-state index contributed by atoms with van der Waals surface area (Å²) < 4.78 is 35.6. The zero-order valence-corrected chi connectivity index (χ0v) is 17.8. The second-order valence-electron chi connectivity index (χ2n) is 8.36. The topological polar surface area (TPSA) is 87.2 Å². The second kappa shape index (κ2) is 7.21. The summed E-state index contributed by atoms with van der Waals surface area (Å²) in [7, 11) is -3.76. The van der Waals surface area contributed by atoms with Gasteiger partial charge >= 0.3 is 5.97 Å². The number of carbonyl (C=O) groups is 1. The number of phenols is 1. The molecule has 160 valence electrons. The van der Waals surface area contributed by atoms with E-state index in [-0.39, 0.29) is 36.8 Å². The van der Waals surface area contributed by atoms with E-state index in [2.05, 4.69) is 6.08 Å². The predicted octanol–water partition coefficient (Wildman–Crippen LogP) is 0.617. The van der Waals surface area contributed by atoms with Crippen molar-refractivity contribution >= 4 is 27.8 Å². The molecule has 5 rings (SSSR count). The maximum Gasteiger partial charge on any atom is 0.310 e. The number of allylic oxidation sites excluding steroid dienone is 1. The number of hydrogen-bond donors (Lipinski definition) is 1. The lowest BCUT2D eigenvalue weighted by atomic mass is 9.85. The van der Waals surface area contributed by atoms with Crippen molar-refractivity contribution in [3.8, 4) is 5.75 Å². The van der Waals surface area contributed by atoms with Crippen LogP contribution in [0.15, 0.2) is 24.3 Å². The van der Waals surface area contributed by atoms with E-state index >= 15 is 0 Å². The minimum absolute atomic E-state index is 0.0115. The molecule has 1 N–H and O–H groups in total. The molecule has 0 aromatic heterocycles. The molecule has 3 atom stereocenters. The number of aromatic hydroxyl groups is 1. The Balaban J connectivity index is 1.51. The van der Waals surface area contributed by atoms with Crippen molar-refractivity contribution in [1.82, 2.24) is 8.61 Å². The van der Waals surface area contributed by atoms with Crippen LogP contribution in [0.5, 0.6) is 5.75 Å².